The third kappa shape index (κ3) is 2.06. The Hall–Kier alpha value is -2.89. The number of nitrogens with zero attached hydrogens (tertiary/aromatic N) is 3. The van der Waals surface area contributed by atoms with Crippen molar-refractivity contribution in [1.82, 2.24) is 15.3 Å². The van der Waals surface area contributed by atoms with Gasteiger partial charge in [0.25, 0.3) is 0 Å². The molecule has 24 heavy (non-hydrogen) atoms. The molecule has 1 aromatic carbocycles. The van der Waals surface area contributed by atoms with E-state index in [1.807, 2.05) is 40.7 Å². The van der Waals surface area contributed by atoms with Gasteiger partial charge in [-0.15, -0.1) is 0 Å². The van der Waals surface area contributed by atoms with Crippen LogP contribution in [0.25, 0.3) is 33.4 Å². The number of rotatable bonds is 2. The maximum atomic E-state index is 5.85. The van der Waals surface area contributed by atoms with Gasteiger partial charge in [0.1, 0.15) is 17.0 Å². The van der Waals surface area contributed by atoms with Crippen LogP contribution in [-0.4, -0.2) is 15.3 Å². The lowest BCUT2D eigenvalue weighted by Crippen LogP contribution is -1.88. The lowest BCUT2D eigenvalue weighted by atomic mass is 9.96. The van der Waals surface area contributed by atoms with Gasteiger partial charge in [0.05, 0.1) is 17.0 Å². The van der Waals surface area contributed by atoms with E-state index in [-0.39, 0.29) is 0 Å². The summed E-state index contributed by atoms with van der Waals surface area (Å²) >= 11 is 0. The van der Waals surface area contributed by atoms with E-state index < -0.39 is 0 Å². The largest absolute Gasteiger partial charge is 0.440 e. The lowest BCUT2D eigenvalue weighted by molar-refractivity contribution is 0.393. The number of hydrogen-bond acceptors (Lipinski definition) is 6. The molecule has 3 aromatic heterocycles. The van der Waals surface area contributed by atoms with Crippen LogP contribution in [0.15, 0.2) is 25.6 Å². The number of fused-ring (bicyclic) bond motifs is 1. The predicted octanol–water partition coefficient (Wildman–Crippen LogP) is 4.68. The molecular formula is C18H17N3O3. The van der Waals surface area contributed by atoms with E-state index in [0.29, 0.717) is 5.89 Å². The van der Waals surface area contributed by atoms with E-state index in [2.05, 4.69) is 21.4 Å². The van der Waals surface area contributed by atoms with Crippen molar-refractivity contribution < 1.29 is 13.5 Å². The molecule has 0 unspecified atom stereocenters. The minimum Gasteiger partial charge on any atom is -0.440 e. The van der Waals surface area contributed by atoms with Crippen LogP contribution in [-0.2, 0) is 0 Å². The van der Waals surface area contributed by atoms with Crippen LogP contribution < -0.4 is 0 Å². The molecular weight excluding hydrogens is 306 g/mol. The van der Waals surface area contributed by atoms with Gasteiger partial charge in [0, 0.05) is 18.1 Å². The number of aromatic nitrogens is 3. The summed E-state index contributed by atoms with van der Waals surface area (Å²) in [6, 6.07) is 4.06. The highest BCUT2D eigenvalue weighted by molar-refractivity contribution is 5.96. The smallest absolute Gasteiger partial charge is 0.192 e. The van der Waals surface area contributed by atoms with E-state index in [0.717, 1.165) is 56.3 Å². The molecule has 0 fully saturated rings. The van der Waals surface area contributed by atoms with E-state index >= 15 is 0 Å². The van der Waals surface area contributed by atoms with Gasteiger partial charge < -0.3 is 13.5 Å². The summed E-state index contributed by atoms with van der Waals surface area (Å²) < 4.78 is 16.5. The Morgan fingerprint density at radius 2 is 1.42 bits per heavy atom. The van der Waals surface area contributed by atoms with Crippen LogP contribution >= 0.6 is 0 Å². The fraction of sp³-hybridized carbons (Fsp3) is 0.278. The molecule has 0 aliphatic rings. The topological polar surface area (TPSA) is 78.1 Å². The van der Waals surface area contributed by atoms with Crippen molar-refractivity contribution >= 4 is 11.1 Å². The zero-order valence-electron chi connectivity index (χ0n) is 14.2. The first-order valence-corrected chi connectivity index (χ1v) is 7.73. The normalized spacial score (nSPS) is 11.5. The predicted molar refractivity (Wildman–Crippen MR) is 88.7 cm³/mol. The molecule has 4 rings (SSSR count). The molecule has 0 saturated carbocycles. The highest BCUT2D eigenvalue weighted by Gasteiger charge is 2.21. The fourth-order valence-corrected chi connectivity index (χ4v) is 3.24. The molecule has 0 amide bonds. The molecule has 0 spiro atoms. The van der Waals surface area contributed by atoms with Crippen molar-refractivity contribution in [3.05, 3.63) is 40.9 Å². The number of oxazole rings is 1. The molecule has 122 valence electrons. The van der Waals surface area contributed by atoms with Crippen molar-refractivity contribution in [2.45, 2.75) is 34.6 Å². The average Bonchev–Trinajstić information content (AvgIpc) is 3.16. The first-order valence-electron chi connectivity index (χ1n) is 7.73. The molecule has 0 aliphatic carbocycles. The van der Waals surface area contributed by atoms with Gasteiger partial charge in [0.15, 0.2) is 11.5 Å². The summed E-state index contributed by atoms with van der Waals surface area (Å²) in [4.78, 5) is 4.50. The van der Waals surface area contributed by atoms with Crippen molar-refractivity contribution in [2.24, 2.45) is 0 Å². The first-order chi connectivity index (χ1) is 11.5. The van der Waals surface area contributed by atoms with Gasteiger partial charge in [-0.3, -0.25) is 0 Å². The number of aryl methyl sites for hydroxylation is 5. The Balaban J connectivity index is 2.09. The quantitative estimate of drug-likeness (QED) is 0.533. The van der Waals surface area contributed by atoms with E-state index in [1.54, 1.807) is 0 Å². The molecule has 0 aliphatic heterocycles. The summed E-state index contributed by atoms with van der Waals surface area (Å²) in [5.74, 6) is 2.14. The Morgan fingerprint density at radius 1 is 0.792 bits per heavy atom. The van der Waals surface area contributed by atoms with Crippen molar-refractivity contribution in [1.29, 1.82) is 0 Å². The molecule has 0 atom stereocenters. The second-order valence-corrected chi connectivity index (χ2v) is 6.00. The minimum absolute atomic E-state index is 0.619. The molecule has 6 nitrogen and oxygen atoms in total. The summed E-state index contributed by atoms with van der Waals surface area (Å²) in [6.07, 6.45) is 0. The molecule has 0 saturated heterocycles. The first kappa shape index (κ1) is 14.7. The summed E-state index contributed by atoms with van der Waals surface area (Å²) in [5.41, 5.74) is 7.00. The fourth-order valence-electron chi connectivity index (χ4n) is 3.24. The average molecular weight is 323 g/mol. The highest BCUT2D eigenvalue weighted by Crippen LogP contribution is 2.38. The van der Waals surface area contributed by atoms with E-state index in [9.17, 15) is 0 Å². The van der Waals surface area contributed by atoms with Crippen LogP contribution in [0.3, 0.4) is 0 Å². The van der Waals surface area contributed by atoms with Crippen molar-refractivity contribution in [3.63, 3.8) is 0 Å². The summed E-state index contributed by atoms with van der Waals surface area (Å²) in [6.45, 7) is 9.49. The van der Waals surface area contributed by atoms with E-state index in [4.69, 9.17) is 13.5 Å². The van der Waals surface area contributed by atoms with Gasteiger partial charge in [-0.2, -0.15) is 0 Å². The third-order valence-corrected chi connectivity index (χ3v) is 4.22. The van der Waals surface area contributed by atoms with Crippen LogP contribution in [0.4, 0.5) is 0 Å². The molecule has 0 N–H and O–H groups in total. The second kappa shape index (κ2) is 5.06. The van der Waals surface area contributed by atoms with Crippen LogP contribution in [0.5, 0.6) is 0 Å². The standard InChI is InChI=1S/C18H17N3O3/c1-8-16(10(3)23-20-8)13-6-14(17-9(2)21-24-11(17)4)18-15(7-13)19-12(5)22-18/h6-7H,1-5H3. The monoisotopic (exact) mass is 323 g/mol. The molecule has 0 radical (unpaired) electrons. The van der Waals surface area contributed by atoms with Gasteiger partial charge >= 0.3 is 0 Å². The SMILES string of the molecule is Cc1nc2cc(-c3c(C)noc3C)cc(-c3c(C)noc3C)c2o1. The van der Waals surface area contributed by atoms with Gasteiger partial charge in [0.2, 0.25) is 0 Å². The van der Waals surface area contributed by atoms with Gasteiger partial charge in [-0.05, 0) is 45.4 Å². The Labute approximate surface area is 138 Å². The van der Waals surface area contributed by atoms with Crippen molar-refractivity contribution in [3.8, 4) is 22.3 Å². The van der Waals surface area contributed by atoms with E-state index in [1.165, 1.54) is 0 Å². The maximum absolute atomic E-state index is 5.85. The highest BCUT2D eigenvalue weighted by atomic mass is 16.5. The van der Waals surface area contributed by atoms with Crippen molar-refractivity contribution in [2.75, 3.05) is 0 Å². The molecule has 3 heterocycles. The van der Waals surface area contributed by atoms with Gasteiger partial charge in [-0.25, -0.2) is 4.98 Å². The number of benzene rings is 1. The maximum Gasteiger partial charge on any atom is 0.192 e. The minimum atomic E-state index is 0.619. The van der Waals surface area contributed by atoms with Crippen LogP contribution in [0, 0.1) is 34.6 Å². The number of hydrogen-bond donors (Lipinski definition) is 0. The van der Waals surface area contributed by atoms with Crippen LogP contribution in [0.2, 0.25) is 0 Å². The second-order valence-electron chi connectivity index (χ2n) is 6.00. The molecule has 0 bridgehead atoms. The summed E-state index contributed by atoms with van der Waals surface area (Å²) in [7, 11) is 0. The van der Waals surface area contributed by atoms with Crippen LogP contribution in [0.1, 0.15) is 28.8 Å². The zero-order valence-corrected chi connectivity index (χ0v) is 14.2. The third-order valence-electron chi connectivity index (χ3n) is 4.22. The summed E-state index contributed by atoms with van der Waals surface area (Å²) in [5, 5.41) is 8.12. The Kier molecular flexibility index (Phi) is 3.09. The molecule has 4 aromatic rings. The molecule has 6 heteroatoms. The Morgan fingerprint density at radius 3 is 2.00 bits per heavy atom. The Bertz CT molecular complexity index is 1030. The zero-order chi connectivity index (χ0) is 17.0. The lowest BCUT2D eigenvalue weighted by Gasteiger charge is -2.06. The van der Waals surface area contributed by atoms with Gasteiger partial charge in [-0.1, -0.05) is 10.3 Å².